The number of nitrogen functional groups attached to an aromatic ring is 1. The highest BCUT2D eigenvalue weighted by Crippen LogP contribution is 2.23. The predicted molar refractivity (Wildman–Crippen MR) is 135 cm³/mol. The van der Waals surface area contributed by atoms with Gasteiger partial charge in [-0.05, 0) is 55.0 Å². The summed E-state index contributed by atoms with van der Waals surface area (Å²) in [6, 6.07) is 13.0. The molecule has 3 rings (SSSR count). The van der Waals surface area contributed by atoms with Crippen LogP contribution in [0.1, 0.15) is 62.1 Å². The Morgan fingerprint density at radius 2 is 1.79 bits per heavy atom. The average Bonchev–Trinajstić information content (AvgIpc) is 2.84. The van der Waals surface area contributed by atoms with Crippen LogP contribution in [0, 0.1) is 5.41 Å². The lowest BCUT2D eigenvalue weighted by Gasteiger charge is -2.34. The quantitative estimate of drug-likeness (QED) is 0.353. The Bertz CT molecular complexity index is 1090. The van der Waals surface area contributed by atoms with Crippen molar-refractivity contribution in [3.8, 4) is 0 Å². The highest BCUT2D eigenvalue weighted by Gasteiger charge is 2.31. The minimum absolute atomic E-state index is 0.0724. The van der Waals surface area contributed by atoms with Crippen LogP contribution in [0.15, 0.2) is 53.4 Å². The van der Waals surface area contributed by atoms with Crippen molar-refractivity contribution < 1.29 is 13.2 Å². The van der Waals surface area contributed by atoms with E-state index < -0.39 is 16.1 Å². The summed E-state index contributed by atoms with van der Waals surface area (Å²) in [6.45, 7) is 2.08. The number of aryl methyl sites for hydroxylation is 1. The Morgan fingerprint density at radius 3 is 2.41 bits per heavy atom. The maximum absolute atomic E-state index is 13.5. The van der Waals surface area contributed by atoms with E-state index in [1.165, 1.54) is 6.42 Å². The van der Waals surface area contributed by atoms with E-state index in [0.29, 0.717) is 5.56 Å². The van der Waals surface area contributed by atoms with Crippen LogP contribution in [0.5, 0.6) is 0 Å². The van der Waals surface area contributed by atoms with Gasteiger partial charge in [-0.2, -0.15) is 4.72 Å². The van der Waals surface area contributed by atoms with Crippen molar-refractivity contribution in [1.82, 2.24) is 9.62 Å². The molecule has 0 aromatic heterocycles. The first kappa shape index (κ1) is 25.9. The number of carbonyl (C=O) groups excluding carboxylic acids is 1. The number of carbonyl (C=O) groups is 1. The number of likely N-dealkylation sites (N-methyl/N-ethyl adjacent to an activating group) is 1. The van der Waals surface area contributed by atoms with Crippen LogP contribution < -0.4 is 10.5 Å². The van der Waals surface area contributed by atoms with Crippen LogP contribution in [0.2, 0.25) is 0 Å². The van der Waals surface area contributed by atoms with Crippen LogP contribution >= 0.6 is 0 Å². The van der Waals surface area contributed by atoms with Gasteiger partial charge in [-0.3, -0.25) is 10.2 Å². The number of amidine groups is 1. The molecule has 1 saturated carbocycles. The molecule has 0 heterocycles. The van der Waals surface area contributed by atoms with Gasteiger partial charge >= 0.3 is 0 Å². The summed E-state index contributed by atoms with van der Waals surface area (Å²) >= 11 is 0. The fraction of sp³-hybridized carbons (Fsp3) is 0.462. The van der Waals surface area contributed by atoms with Gasteiger partial charge in [-0.15, -0.1) is 0 Å². The average molecular weight is 485 g/mol. The van der Waals surface area contributed by atoms with Gasteiger partial charge in [-0.1, -0.05) is 62.9 Å². The molecule has 184 valence electrons. The van der Waals surface area contributed by atoms with E-state index in [4.69, 9.17) is 11.1 Å². The fourth-order valence-corrected chi connectivity index (χ4v) is 5.74. The molecule has 1 fully saturated rings. The Labute approximate surface area is 203 Å². The zero-order valence-electron chi connectivity index (χ0n) is 20.1. The summed E-state index contributed by atoms with van der Waals surface area (Å²) in [4.78, 5) is 15.4. The van der Waals surface area contributed by atoms with Gasteiger partial charge in [-0.25, -0.2) is 8.42 Å². The highest BCUT2D eigenvalue weighted by molar-refractivity contribution is 7.89. The lowest BCUT2D eigenvalue weighted by Crippen LogP contribution is -2.51. The molecule has 0 aliphatic heterocycles. The van der Waals surface area contributed by atoms with Crippen molar-refractivity contribution in [2.24, 2.45) is 5.73 Å². The van der Waals surface area contributed by atoms with Crippen molar-refractivity contribution >= 4 is 21.8 Å². The number of rotatable bonds is 10. The first-order valence-electron chi connectivity index (χ1n) is 12.0. The molecule has 2 aromatic carbocycles. The molecule has 0 saturated heterocycles. The second kappa shape index (κ2) is 11.6. The van der Waals surface area contributed by atoms with E-state index in [1.54, 1.807) is 42.3 Å². The summed E-state index contributed by atoms with van der Waals surface area (Å²) in [6.07, 6.45) is 7.21. The van der Waals surface area contributed by atoms with Crippen molar-refractivity contribution in [3.63, 3.8) is 0 Å². The van der Waals surface area contributed by atoms with Crippen LogP contribution in [0.25, 0.3) is 0 Å². The van der Waals surface area contributed by atoms with E-state index in [2.05, 4.69) is 11.6 Å². The first-order valence-corrected chi connectivity index (χ1v) is 13.5. The number of benzene rings is 2. The van der Waals surface area contributed by atoms with Crippen LogP contribution in [-0.4, -0.2) is 44.2 Å². The Morgan fingerprint density at radius 1 is 1.12 bits per heavy atom. The molecule has 1 aliphatic rings. The topological polar surface area (TPSA) is 116 Å². The van der Waals surface area contributed by atoms with Gasteiger partial charge in [0.25, 0.3) is 0 Å². The van der Waals surface area contributed by atoms with E-state index in [1.807, 2.05) is 18.2 Å². The van der Waals surface area contributed by atoms with E-state index in [-0.39, 0.29) is 29.1 Å². The molecule has 2 aromatic rings. The predicted octanol–water partition coefficient (Wildman–Crippen LogP) is 3.60. The SMILES string of the molecule is CCCc1ccc(S(=O)(=O)N[C@@H](Cc2cccc(C(=N)N)c2)C(=O)N(C)C2CCCCC2)cc1. The second-order valence-electron chi connectivity index (χ2n) is 9.13. The first-order chi connectivity index (χ1) is 16.2. The molecular weight excluding hydrogens is 448 g/mol. The Hall–Kier alpha value is -2.71. The number of amides is 1. The third kappa shape index (κ3) is 6.67. The van der Waals surface area contributed by atoms with Crippen LogP contribution in [0.3, 0.4) is 0 Å². The summed E-state index contributed by atoms with van der Waals surface area (Å²) in [5.74, 6) is -0.317. The second-order valence-corrected chi connectivity index (χ2v) is 10.8. The number of hydrogen-bond donors (Lipinski definition) is 3. The number of nitrogens with two attached hydrogens (primary N) is 1. The molecule has 0 unspecified atom stereocenters. The Kier molecular flexibility index (Phi) is 8.85. The molecule has 1 aliphatic carbocycles. The van der Waals surface area contributed by atoms with Crippen molar-refractivity contribution in [3.05, 3.63) is 65.2 Å². The molecule has 1 atom stereocenters. The van der Waals surface area contributed by atoms with E-state index >= 15 is 0 Å². The van der Waals surface area contributed by atoms with E-state index in [9.17, 15) is 13.2 Å². The molecule has 4 N–H and O–H groups in total. The molecule has 0 bridgehead atoms. The standard InChI is InChI=1S/C26H36N4O3S/c1-3-8-19-13-15-23(16-14-19)34(32,33)29-24(18-20-9-7-10-21(17-20)25(27)28)26(31)30(2)22-11-5-4-6-12-22/h7,9-10,13-17,22,24,29H,3-6,8,11-12,18H2,1-2H3,(H3,27,28)/t24-/m0/s1. The normalized spacial score (nSPS) is 15.6. The third-order valence-corrected chi connectivity index (χ3v) is 8.00. The number of sulfonamides is 1. The van der Waals surface area contributed by atoms with E-state index in [0.717, 1.165) is 49.7 Å². The molecule has 7 nitrogen and oxygen atoms in total. The summed E-state index contributed by atoms with van der Waals surface area (Å²) in [5, 5.41) is 7.70. The number of nitrogens with one attached hydrogen (secondary N) is 2. The lowest BCUT2D eigenvalue weighted by molar-refractivity contribution is -0.134. The maximum Gasteiger partial charge on any atom is 0.241 e. The van der Waals surface area contributed by atoms with Crippen molar-refractivity contribution in [2.45, 2.75) is 75.3 Å². The van der Waals surface area contributed by atoms with Crippen molar-refractivity contribution in [2.75, 3.05) is 7.05 Å². The summed E-state index contributed by atoms with van der Waals surface area (Å²) < 4.78 is 29.2. The smallest absolute Gasteiger partial charge is 0.241 e. The zero-order chi connectivity index (χ0) is 24.7. The van der Waals surface area contributed by atoms with Crippen LogP contribution in [-0.2, 0) is 27.7 Å². The minimum Gasteiger partial charge on any atom is -0.384 e. The fourth-order valence-electron chi connectivity index (χ4n) is 4.55. The van der Waals surface area contributed by atoms with Gasteiger partial charge in [0.15, 0.2) is 0 Å². The monoisotopic (exact) mass is 484 g/mol. The molecule has 1 amide bonds. The van der Waals surface area contributed by atoms with Gasteiger partial charge in [0.1, 0.15) is 11.9 Å². The summed E-state index contributed by atoms with van der Waals surface area (Å²) in [7, 11) is -2.14. The van der Waals surface area contributed by atoms with Crippen molar-refractivity contribution in [1.29, 1.82) is 5.41 Å². The largest absolute Gasteiger partial charge is 0.384 e. The summed E-state index contributed by atoms with van der Waals surface area (Å²) in [5.41, 5.74) is 7.98. The maximum atomic E-state index is 13.5. The molecule has 0 radical (unpaired) electrons. The Balaban J connectivity index is 1.87. The molecular formula is C26H36N4O3S. The number of hydrogen-bond acceptors (Lipinski definition) is 4. The van der Waals surface area contributed by atoms with Crippen LogP contribution in [0.4, 0.5) is 0 Å². The minimum atomic E-state index is -3.91. The number of nitrogens with zero attached hydrogens (tertiary/aromatic N) is 1. The third-order valence-electron chi connectivity index (χ3n) is 6.52. The lowest BCUT2D eigenvalue weighted by atomic mass is 9.93. The van der Waals surface area contributed by atoms with Gasteiger partial charge in [0.2, 0.25) is 15.9 Å². The van der Waals surface area contributed by atoms with Gasteiger partial charge in [0, 0.05) is 18.7 Å². The molecule has 0 spiro atoms. The molecule has 8 heteroatoms. The zero-order valence-corrected chi connectivity index (χ0v) is 20.9. The van der Waals surface area contributed by atoms with Gasteiger partial charge in [0.05, 0.1) is 4.90 Å². The molecule has 34 heavy (non-hydrogen) atoms. The van der Waals surface area contributed by atoms with Gasteiger partial charge < -0.3 is 10.6 Å². The highest BCUT2D eigenvalue weighted by atomic mass is 32.2.